The van der Waals surface area contributed by atoms with Crippen LogP contribution in [0.15, 0.2) is 92.2 Å². The molecule has 0 N–H and O–H groups in total. The summed E-state index contributed by atoms with van der Waals surface area (Å²) >= 11 is 1.15. The number of ether oxygens (including phenoxy) is 2. The van der Waals surface area contributed by atoms with Crippen LogP contribution < -0.4 is 19.6 Å². The Kier molecular flexibility index (Phi) is 8.37. The van der Waals surface area contributed by atoms with E-state index in [-0.39, 0.29) is 22.5 Å². The Bertz CT molecular complexity index is 2230. The summed E-state index contributed by atoms with van der Waals surface area (Å²) in [5.74, 6) is -0.459. The summed E-state index contributed by atoms with van der Waals surface area (Å²) in [4.78, 5) is 43.6. The molecule has 3 aromatic carbocycles. The van der Waals surface area contributed by atoms with Gasteiger partial charge in [-0.3, -0.25) is 19.5 Å². The van der Waals surface area contributed by atoms with Crippen molar-refractivity contribution in [2.75, 3.05) is 13.7 Å². The van der Waals surface area contributed by atoms with Crippen molar-refractivity contribution in [1.29, 1.82) is 0 Å². The predicted octanol–water partition coefficient (Wildman–Crippen LogP) is 6.05. The van der Waals surface area contributed by atoms with Gasteiger partial charge < -0.3 is 13.9 Å². The van der Waals surface area contributed by atoms with E-state index in [0.717, 1.165) is 34.2 Å². The first kappa shape index (κ1) is 30.7. The Hall–Kier alpha value is -5.36. The van der Waals surface area contributed by atoms with Crippen LogP contribution in [-0.4, -0.2) is 29.2 Å². The first-order valence-corrected chi connectivity index (χ1v) is 15.4. The maximum Gasteiger partial charge on any atom is 0.338 e. The topological polar surface area (TPSA) is 126 Å². The second kappa shape index (κ2) is 12.6. The molecule has 6 rings (SSSR count). The molecular weight excluding hydrogens is 613 g/mol. The van der Waals surface area contributed by atoms with E-state index in [2.05, 4.69) is 0 Å². The molecule has 0 unspecified atom stereocenters. The predicted molar refractivity (Wildman–Crippen MR) is 171 cm³/mol. The normalized spacial score (nSPS) is 14.7. The summed E-state index contributed by atoms with van der Waals surface area (Å²) in [5, 5.41) is 13.0. The van der Waals surface area contributed by atoms with E-state index in [1.54, 1.807) is 32.2 Å². The highest BCUT2D eigenvalue weighted by atomic mass is 32.1. The lowest BCUT2D eigenvalue weighted by molar-refractivity contribution is -0.387. The van der Waals surface area contributed by atoms with Crippen LogP contribution >= 0.6 is 11.3 Å². The maximum atomic E-state index is 14.3. The van der Waals surface area contributed by atoms with E-state index in [1.807, 2.05) is 43.3 Å². The largest absolute Gasteiger partial charge is 0.496 e. The van der Waals surface area contributed by atoms with Crippen LogP contribution in [0.3, 0.4) is 0 Å². The van der Waals surface area contributed by atoms with Crippen molar-refractivity contribution in [3.8, 4) is 17.1 Å². The molecule has 0 saturated carbocycles. The number of hydrogen-bond acceptors (Lipinski definition) is 9. The summed E-state index contributed by atoms with van der Waals surface area (Å²) in [5.41, 5.74) is 0.672. The summed E-state index contributed by atoms with van der Waals surface area (Å²) in [6, 6.07) is 17.2. The second-order valence-electron chi connectivity index (χ2n) is 10.4. The van der Waals surface area contributed by atoms with Gasteiger partial charge in [0.15, 0.2) is 4.80 Å². The third-order valence-electron chi connectivity index (χ3n) is 7.64. The number of nitro benzene ring substituents is 1. The van der Waals surface area contributed by atoms with Crippen molar-refractivity contribution in [3.05, 3.63) is 125 Å². The Morgan fingerprint density at radius 1 is 1.15 bits per heavy atom. The van der Waals surface area contributed by atoms with E-state index in [0.29, 0.717) is 46.0 Å². The van der Waals surface area contributed by atoms with Gasteiger partial charge in [0.2, 0.25) is 5.82 Å². The first-order chi connectivity index (χ1) is 22.2. The van der Waals surface area contributed by atoms with E-state index >= 15 is 0 Å². The average molecular weight is 642 g/mol. The summed E-state index contributed by atoms with van der Waals surface area (Å²) in [6.07, 6.45) is 2.73. The molecule has 10 nitrogen and oxygen atoms in total. The fraction of sp³-hybridized carbons (Fsp3) is 0.206. The number of methoxy groups -OCH3 is 1. The zero-order valence-electron chi connectivity index (χ0n) is 25.1. The summed E-state index contributed by atoms with van der Waals surface area (Å²) in [6.45, 7) is 3.85. The number of carbonyl (C=O) groups excluding carboxylic acids is 1. The number of furan rings is 1. The molecule has 5 aromatic rings. The van der Waals surface area contributed by atoms with Crippen LogP contribution in [0.25, 0.3) is 28.2 Å². The van der Waals surface area contributed by atoms with Gasteiger partial charge in [-0.2, -0.15) is 4.39 Å². The molecule has 0 radical (unpaired) electrons. The van der Waals surface area contributed by atoms with Gasteiger partial charge in [0, 0.05) is 23.3 Å². The van der Waals surface area contributed by atoms with Gasteiger partial charge in [-0.15, -0.1) is 0 Å². The minimum absolute atomic E-state index is 0.142. The average Bonchev–Trinajstić information content (AvgIpc) is 3.64. The van der Waals surface area contributed by atoms with Gasteiger partial charge in [0.1, 0.15) is 23.3 Å². The SMILES string of the molecule is CCCC1=C(C(=O)OCC)[C@@H](c2c(OC)ccc3ccccc23)n2c(s/c(=C\c3ccc(-c4ccc(F)c([N+](=O)[O-])c4)o3)c2=O)=N1. The minimum Gasteiger partial charge on any atom is -0.496 e. The Morgan fingerprint density at radius 3 is 2.70 bits per heavy atom. The number of benzene rings is 3. The highest BCUT2D eigenvalue weighted by molar-refractivity contribution is 7.07. The van der Waals surface area contributed by atoms with E-state index in [9.17, 15) is 24.1 Å². The lowest BCUT2D eigenvalue weighted by Crippen LogP contribution is -2.40. The molecule has 1 atom stereocenters. The Labute approximate surface area is 265 Å². The van der Waals surface area contributed by atoms with Crippen LogP contribution in [-0.2, 0) is 9.53 Å². The number of thiazole rings is 1. The third kappa shape index (κ3) is 5.40. The molecule has 1 aliphatic rings. The van der Waals surface area contributed by atoms with Gasteiger partial charge in [0.05, 0.1) is 34.4 Å². The fourth-order valence-electron chi connectivity index (χ4n) is 5.65. The van der Waals surface area contributed by atoms with Gasteiger partial charge in [-0.25, -0.2) is 9.79 Å². The molecule has 234 valence electrons. The minimum atomic E-state index is -0.955. The molecule has 0 aliphatic carbocycles. The molecule has 0 saturated heterocycles. The van der Waals surface area contributed by atoms with Gasteiger partial charge >= 0.3 is 11.7 Å². The Balaban J connectivity index is 1.57. The molecule has 12 heteroatoms. The molecule has 0 spiro atoms. The summed E-state index contributed by atoms with van der Waals surface area (Å²) in [7, 11) is 1.54. The standard InChI is InChI=1S/C34H28FN3O7S/c1-4-8-24-30(33(40)44-5-2)31(29-22-10-7-6-9-19(22)12-15-27(29)43-3)37-32(39)28(46-34(37)36-24)18-21-13-16-26(45-21)20-11-14-23(35)25(17-20)38(41)42/h6-7,9-18,31H,4-5,8H2,1-3H3/b28-18-/t31-/m1/s1. The van der Waals surface area contributed by atoms with Crippen LogP contribution in [0, 0.1) is 15.9 Å². The van der Waals surface area contributed by atoms with Crippen LogP contribution in [0.4, 0.5) is 10.1 Å². The maximum absolute atomic E-state index is 14.3. The van der Waals surface area contributed by atoms with Crippen molar-refractivity contribution in [1.82, 2.24) is 4.57 Å². The number of halogens is 1. The molecule has 46 heavy (non-hydrogen) atoms. The van der Waals surface area contributed by atoms with E-state index in [1.165, 1.54) is 10.6 Å². The lowest BCUT2D eigenvalue weighted by Gasteiger charge is -2.28. The number of allylic oxidation sites excluding steroid dienone is 1. The monoisotopic (exact) mass is 641 g/mol. The number of rotatable bonds is 9. The zero-order valence-corrected chi connectivity index (χ0v) is 25.9. The quantitative estimate of drug-likeness (QED) is 0.109. The molecule has 2 aromatic heterocycles. The summed E-state index contributed by atoms with van der Waals surface area (Å²) < 4.78 is 33.0. The van der Waals surface area contributed by atoms with Crippen molar-refractivity contribution in [2.24, 2.45) is 4.99 Å². The smallest absolute Gasteiger partial charge is 0.338 e. The molecule has 0 amide bonds. The van der Waals surface area contributed by atoms with Crippen molar-refractivity contribution in [3.63, 3.8) is 0 Å². The van der Waals surface area contributed by atoms with Crippen LogP contribution in [0.5, 0.6) is 5.75 Å². The molecule has 3 heterocycles. The van der Waals surface area contributed by atoms with Crippen LogP contribution in [0.1, 0.15) is 44.1 Å². The van der Waals surface area contributed by atoms with Crippen LogP contribution in [0.2, 0.25) is 0 Å². The lowest BCUT2D eigenvalue weighted by atomic mass is 9.90. The van der Waals surface area contributed by atoms with E-state index in [4.69, 9.17) is 18.9 Å². The molecular formula is C34H28FN3O7S. The highest BCUT2D eigenvalue weighted by Gasteiger charge is 2.37. The first-order valence-electron chi connectivity index (χ1n) is 14.6. The number of carbonyl (C=O) groups is 1. The van der Waals surface area contributed by atoms with Gasteiger partial charge in [-0.1, -0.05) is 55.0 Å². The highest BCUT2D eigenvalue weighted by Crippen LogP contribution is 2.41. The van der Waals surface area contributed by atoms with Gasteiger partial charge in [-0.05, 0) is 54.4 Å². The number of fused-ring (bicyclic) bond motifs is 2. The number of nitro groups is 1. The number of nitrogens with zero attached hydrogens (tertiary/aromatic N) is 3. The second-order valence-corrected chi connectivity index (χ2v) is 11.5. The molecule has 0 fully saturated rings. The molecule has 0 bridgehead atoms. The Morgan fingerprint density at radius 2 is 1.96 bits per heavy atom. The number of esters is 1. The third-order valence-corrected chi connectivity index (χ3v) is 8.63. The van der Waals surface area contributed by atoms with Gasteiger partial charge in [0.25, 0.3) is 5.56 Å². The number of hydrogen-bond donors (Lipinski definition) is 0. The zero-order chi connectivity index (χ0) is 32.5. The fourth-order valence-corrected chi connectivity index (χ4v) is 6.65. The van der Waals surface area contributed by atoms with Crippen molar-refractivity contribution >= 4 is 39.8 Å². The number of aromatic nitrogens is 1. The molecule has 1 aliphatic heterocycles. The van der Waals surface area contributed by atoms with E-state index < -0.39 is 34.0 Å². The van der Waals surface area contributed by atoms with Crippen molar-refractivity contribution < 1.29 is 28.0 Å². The van der Waals surface area contributed by atoms with Crippen molar-refractivity contribution in [2.45, 2.75) is 32.7 Å².